The molecule has 1 heterocycles. The van der Waals surface area contributed by atoms with Gasteiger partial charge in [0.25, 0.3) is 0 Å². The van der Waals surface area contributed by atoms with E-state index in [1.807, 2.05) is 12.3 Å². The molecule has 0 aromatic carbocycles. The first-order chi connectivity index (χ1) is 7.60. The molecule has 90 valence electrons. The fourth-order valence-corrected chi connectivity index (χ4v) is 1.85. The number of hydrogen-bond acceptors (Lipinski definition) is 2. The lowest BCUT2D eigenvalue weighted by atomic mass is 9.79. The van der Waals surface area contributed by atoms with Crippen LogP contribution >= 0.6 is 0 Å². The van der Waals surface area contributed by atoms with Crippen LogP contribution in [0.25, 0.3) is 0 Å². The highest BCUT2D eigenvalue weighted by Gasteiger charge is 2.27. The van der Waals surface area contributed by atoms with Gasteiger partial charge in [-0.05, 0) is 30.5 Å². The van der Waals surface area contributed by atoms with Crippen LogP contribution in [-0.2, 0) is 6.42 Å². The van der Waals surface area contributed by atoms with E-state index in [0.29, 0.717) is 11.5 Å². The lowest BCUT2D eigenvalue weighted by Crippen LogP contribution is -2.43. The smallest absolute Gasteiger partial charge is 0.0419 e. The summed E-state index contributed by atoms with van der Waals surface area (Å²) in [6.45, 7) is 10.1. The molecule has 2 nitrogen and oxygen atoms in total. The Labute approximate surface area is 99.5 Å². The van der Waals surface area contributed by atoms with Gasteiger partial charge in [0.05, 0.1) is 0 Å². The maximum Gasteiger partial charge on any atom is 0.0419 e. The molecule has 0 aliphatic rings. The molecule has 0 saturated carbocycles. The second-order valence-corrected chi connectivity index (χ2v) is 4.98. The summed E-state index contributed by atoms with van der Waals surface area (Å²) in [6.07, 6.45) is 4.06. The molecule has 0 radical (unpaired) electrons. The second-order valence-electron chi connectivity index (χ2n) is 4.98. The third kappa shape index (κ3) is 3.60. The van der Waals surface area contributed by atoms with E-state index in [-0.39, 0.29) is 0 Å². The summed E-state index contributed by atoms with van der Waals surface area (Å²) in [4.78, 5) is 4.41. The van der Waals surface area contributed by atoms with E-state index in [1.165, 1.54) is 12.1 Å². The van der Waals surface area contributed by atoms with Crippen LogP contribution in [0.4, 0.5) is 0 Å². The van der Waals surface area contributed by atoms with Crippen molar-refractivity contribution in [2.75, 3.05) is 6.54 Å². The zero-order valence-corrected chi connectivity index (χ0v) is 11.0. The number of pyridine rings is 1. The fraction of sp³-hybridized carbons (Fsp3) is 0.643. The van der Waals surface area contributed by atoms with Gasteiger partial charge in [-0.1, -0.05) is 33.8 Å². The number of likely N-dealkylation sites (N-methyl/N-ethyl adjacent to an activating group) is 1. The van der Waals surface area contributed by atoms with E-state index < -0.39 is 0 Å². The van der Waals surface area contributed by atoms with Crippen molar-refractivity contribution >= 4 is 0 Å². The molecule has 1 unspecified atom stereocenters. The molecular formula is C14H24N2. The average Bonchev–Trinajstić information content (AvgIpc) is 2.30. The lowest BCUT2D eigenvalue weighted by Gasteiger charge is -2.34. The number of hydrogen-bond donors (Lipinski definition) is 1. The summed E-state index contributed by atoms with van der Waals surface area (Å²) >= 11 is 0. The highest BCUT2D eigenvalue weighted by Crippen LogP contribution is 2.26. The Morgan fingerprint density at radius 3 is 2.56 bits per heavy atom. The molecule has 2 heteroatoms. The number of rotatable bonds is 6. The molecule has 1 N–H and O–H groups in total. The van der Waals surface area contributed by atoms with Gasteiger partial charge in [-0.3, -0.25) is 4.98 Å². The van der Waals surface area contributed by atoms with Crippen molar-refractivity contribution in [3.8, 4) is 0 Å². The second kappa shape index (κ2) is 6.00. The predicted molar refractivity (Wildman–Crippen MR) is 69.5 cm³/mol. The minimum atomic E-state index is 0.313. The number of nitrogens with zero attached hydrogens (tertiary/aromatic N) is 1. The van der Waals surface area contributed by atoms with Gasteiger partial charge in [-0.15, -0.1) is 0 Å². The van der Waals surface area contributed by atoms with E-state index in [4.69, 9.17) is 0 Å². The van der Waals surface area contributed by atoms with Crippen molar-refractivity contribution < 1.29 is 0 Å². The molecule has 0 bridgehead atoms. The van der Waals surface area contributed by atoms with Crippen LogP contribution in [0.3, 0.4) is 0 Å². The SMILES string of the molecule is CCNC(Cc1ccccn1)C(C)(C)CC. The molecule has 16 heavy (non-hydrogen) atoms. The average molecular weight is 220 g/mol. The maximum absolute atomic E-state index is 4.41. The largest absolute Gasteiger partial charge is 0.313 e. The van der Waals surface area contributed by atoms with Gasteiger partial charge in [0.15, 0.2) is 0 Å². The van der Waals surface area contributed by atoms with Crippen LogP contribution < -0.4 is 5.32 Å². The van der Waals surface area contributed by atoms with E-state index in [1.54, 1.807) is 0 Å². The quantitative estimate of drug-likeness (QED) is 0.797. The van der Waals surface area contributed by atoms with Gasteiger partial charge < -0.3 is 5.32 Å². The Kier molecular flexibility index (Phi) is 4.94. The minimum Gasteiger partial charge on any atom is -0.313 e. The molecule has 1 atom stereocenters. The van der Waals surface area contributed by atoms with Gasteiger partial charge in [0, 0.05) is 24.4 Å². The minimum absolute atomic E-state index is 0.313. The zero-order valence-electron chi connectivity index (χ0n) is 11.0. The van der Waals surface area contributed by atoms with Crippen LogP contribution in [0, 0.1) is 5.41 Å². The molecule has 0 aliphatic carbocycles. The molecule has 0 saturated heterocycles. The summed E-state index contributed by atoms with van der Waals surface area (Å²) in [5.74, 6) is 0. The predicted octanol–water partition coefficient (Wildman–Crippen LogP) is 3.04. The molecule has 1 aromatic heterocycles. The highest BCUT2D eigenvalue weighted by molar-refractivity contribution is 5.06. The Balaban J connectivity index is 2.72. The van der Waals surface area contributed by atoms with Crippen molar-refractivity contribution in [1.82, 2.24) is 10.3 Å². The first kappa shape index (κ1) is 13.2. The Morgan fingerprint density at radius 1 is 1.31 bits per heavy atom. The van der Waals surface area contributed by atoms with Gasteiger partial charge in [-0.25, -0.2) is 0 Å². The molecule has 1 rings (SSSR count). The first-order valence-electron chi connectivity index (χ1n) is 6.23. The Hall–Kier alpha value is -0.890. The molecular weight excluding hydrogens is 196 g/mol. The van der Waals surface area contributed by atoms with E-state index in [0.717, 1.165) is 13.0 Å². The van der Waals surface area contributed by atoms with Crippen molar-refractivity contribution in [3.05, 3.63) is 30.1 Å². The zero-order chi connectivity index (χ0) is 12.0. The first-order valence-corrected chi connectivity index (χ1v) is 6.23. The van der Waals surface area contributed by atoms with Gasteiger partial charge >= 0.3 is 0 Å². The topological polar surface area (TPSA) is 24.9 Å². The summed E-state index contributed by atoms with van der Waals surface area (Å²) in [5.41, 5.74) is 1.49. The van der Waals surface area contributed by atoms with E-state index in [2.05, 4.69) is 50.1 Å². The normalized spacial score (nSPS) is 13.8. The van der Waals surface area contributed by atoms with E-state index >= 15 is 0 Å². The van der Waals surface area contributed by atoms with Crippen molar-refractivity contribution in [2.45, 2.75) is 46.6 Å². The van der Waals surface area contributed by atoms with Crippen LogP contribution in [0.15, 0.2) is 24.4 Å². The summed E-state index contributed by atoms with van der Waals surface area (Å²) < 4.78 is 0. The van der Waals surface area contributed by atoms with Crippen molar-refractivity contribution in [2.24, 2.45) is 5.41 Å². The van der Waals surface area contributed by atoms with Crippen molar-refractivity contribution in [1.29, 1.82) is 0 Å². The third-order valence-electron chi connectivity index (χ3n) is 3.44. The highest BCUT2D eigenvalue weighted by atomic mass is 14.9. The summed E-state index contributed by atoms with van der Waals surface area (Å²) in [6, 6.07) is 6.63. The van der Waals surface area contributed by atoms with E-state index in [9.17, 15) is 0 Å². The van der Waals surface area contributed by atoms with Crippen LogP contribution in [-0.4, -0.2) is 17.6 Å². The standard InChI is InChI=1S/C14H24N2/c1-5-14(3,4)13(15-6-2)11-12-9-7-8-10-16-12/h7-10,13,15H,5-6,11H2,1-4H3. The van der Waals surface area contributed by atoms with Crippen LogP contribution in [0.1, 0.15) is 39.8 Å². The Morgan fingerprint density at radius 2 is 2.06 bits per heavy atom. The van der Waals surface area contributed by atoms with Gasteiger partial charge in [0.1, 0.15) is 0 Å². The van der Waals surface area contributed by atoms with Crippen LogP contribution in [0.5, 0.6) is 0 Å². The number of nitrogens with one attached hydrogen (secondary N) is 1. The third-order valence-corrected chi connectivity index (χ3v) is 3.44. The monoisotopic (exact) mass is 220 g/mol. The van der Waals surface area contributed by atoms with Crippen LogP contribution in [0.2, 0.25) is 0 Å². The maximum atomic E-state index is 4.41. The Bertz CT molecular complexity index is 293. The molecule has 0 aliphatic heterocycles. The fourth-order valence-electron chi connectivity index (χ4n) is 1.85. The van der Waals surface area contributed by atoms with Gasteiger partial charge in [-0.2, -0.15) is 0 Å². The van der Waals surface area contributed by atoms with Crippen molar-refractivity contribution in [3.63, 3.8) is 0 Å². The molecule has 0 spiro atoms. The number of aromatic nitrogens is 1. The summed E-state index contributed by atoms with van der Waals surface area (Å²) in [5, 5.41) is 3.58. The lowest BCUT2D eigenvalue weighted by molar-refractivity contribution is 0.231. The van der Waals surface area contributed by atoms with Gasteiger partial charge in [0.2, 0.25) is 0 Å². The summed E-state index contributed by atoms with van der Waals surface area (Å²) in [7, 11) is 0. The molecule has 1 aromatic rings. The molecule has 0 amide bonds. The molecule has 0 fully saturated rings.